The molecule has 98 valence electrons. The average Bonchev–Trinajstić information content (AvgIpc) is 2.87. The molecule has 0 amide bonds. The van der Waals surface area contributed by atoms with Gasteiger partial charge >= 0.3 is 0 Å². The highest BCUT2D eigenvalue weighted by Gasteiger charge is 2.26. The number of hydrogen-bond acceptors (Lipinski definition) is 5. The molecule has 18 heavy (non-hydrogen) atoms. The lowest BCUT2D eigenvalue weighted by molar-refractivity contribution is -0.00780. The highest BCUT2D eigenvalue weighted by Crippen LogP contribution is 2.29. The summed E-state index contributed by atoms with van der Waals surface area (Å²) in [5.41, 5.74) is 1.72. The Hall–Kier alpha value is -1.75. The monoisotopic (exact) mass is 251 g/mol. The molecule has 1 aromatic rings. The van der Waals surface area contributed by atoms with E-state index in [4.69, 9.17) is 14.3 Å². The predicted molar refractivity (Wildman–Crippen MR) is 67.3 cm³/mol. The van der Waals surface area contributed by atoms with Gasteiger partial charge in [0, 0.05) is 12.0 Å². The molecule has 0 spiro atoms. The van der Waals surface area contributed by atoms with E-state index in [1.54, 1.807) is 21.1 Å². The zero-order valence-electron chi connectivity index (χ0n) is 10.7. The lowest BCUT2D eigenvalue weighted by Crippen LogP contribution is -2.22. The minimum absolute atomic E-state index is 0.270. The van der Waals surface area contributed by atoms with Crippen LogP contribution >= 0.6 is 0 Å². The molecule has 1 heterocycles. The summed E-state index contributed by atoms with van der Waals surface area (Å²) in [4.78, 5) is 5.18. The van der Waals surface area contributed by atoms with Gasteiger partial charge < -0.3 is 19.4 Å². The van der Waals surface area contributed by atoms with Gasteiger partial charge in [-0.1, -0.05) is 5.16 Å². The fourth-order valence-electron chi connectivity index (χ4n) is 1.84. The van der Waals surface area contributed by atoms with Gasteiger partial charge in [0.05, 0.1) is 26.0 Å². The fraction of sp³-hybridized carbons (Fsp3) is 0.462. The maximum absolute atomic E-state index is 9.46. The summed E-state index contributed by atoms with van der Waals surface area (Å²) in [5.74, 6) is 1.33. The van der Waals surface area contributed by atoms with Crippen LogP contribution in [0, 0.1) is 0 Å². The van der Waals surface area contributed by atoms with Crippen molar-refractivity contribution in [2.75, 3.05) is 14.2 Å². The minimum atomic E-state index is -0.536. The summed E-state index contributed by atoms with van der Waals surface area (Å²) >= 11 is 0. The summed E-state index contributed by atoms with van der Waals surface area (Å²) in [6, 6.07) is 5.58. The molecule has 0 aromatic heterocycles. The first kappa shape index (κ1) is 12.7. The van der Waals surface area contributed by atoms with Crippen molar-refractivity contribution >= 4 is 5.71 Å². The van der Waals surface area contributed by atoms with Gasteiger partial charge in [-0.25, -0.2) is 0 Å². The van der Waals surface area contributed by atoms with Crippen LogP contribution in [0.5, 0.6) is 11.5 Å². The Morgan fingerprint density at radius 3 is 2.61 bits per heavy atom. The van der Waals surface area contributed by atoms with Crippen molar-refractivity contribution in [2.45, 2.75) is 25.6 Å². The second-order valence-electron chi connectivity index (χ2n) is 4.20. The van der Waals surface area contributed by atoms with Gasteiger partial charge in [-0.05, 0) is 25.1 Å². The van der Waals surface area contributed by atoms with E-state index in [0.717, 1.165) is 11.3 Å². The van der Waals surface area contributed by atoms with Crippen LogP contribution in [0.2, 0.25) is 0 Å². The van der Waals surface area contributed by atoms with Gasteiger partial charge in [-0.3, -0.25) is 0 Å². The highest BCUT2D eigenvalue weighted by molar-refractivity contribution is 6.01. The number of nitrogens with zero attached hydrogens (tertiary/aromatic N) is 1. The maximum atomic E-state index is 9.46. The van der Waals surface area contributed by atoms with Gasteiger partial charge in [-0.2, -0.15) is 0 Å². The van der Waals surface area contributed by atoms with E-state index in [-0.39, 0.29) is 6.10 Å². The minimum Gasteiger partial charge on any atom is -0.493 e. The van der Waals surface area contributed by atoms with Gasteiger partial charge in [0.2, 0.25) is 0 Å². The second-order valence-corrected chi connectivity index (χ2v) is 4.20. The van der Waals surface area contributed by atoms with E-state index in [9.17, 15) is 5.11 Å². The zero-order chi connectivity index (χ0) is 13.1. The molecular weight excluding hydrogens is 234 g/mol. The Kier molecular flexibility index (Phi) is 3.72. The van der Waals surface area contributed by atoms with E-state index in [1.807, 2.05) is 18.2 Å². The van der Waals surface area contributed by atoms with Crippen LogP contribution in [0.15, 0.2) is 23.4 Å². The molecule has 5 heteroatoms. The number of aliphatic hydroxyl groups is 1. The predicted octanol–water partition coefficient (Wildman–Crippen LogP) is 1.58. The van der Waals surface area contributed by atoms with Crippen molar-refractivity contribution < 1.29 is 19.4 Å². The summed E-state index contributed by atoms with van der Waals surface area (Å²) in [6.07, 6.45) is -0.216. The largest absolute Gasteiger partial charge is 0.493 e. The number of hydrogen-bond donors (Lipinski definition) is 1. The Balaban J connectivity index is 2.20. The normalized spacial score (nSPS) is 20.0. The van der Waals surface area contributed by atoms with Gasteiger partial charge in [0.1, 0.15) is 0 Å². The molecular formula is C13H17NO4. The molecule has 5 nitrogen and oxygen atoms in total. The number of aliphatic hydroxyl groups excluding tert-OH is 1. The number of oxime groups is 1. The standard InChI is InChI=1S/C13H17NO4/c1-8(15)12-7-10(14-18-12)9-4-5-11(16-2)13(6-9)17-3/h4-6,8,12,15H,7H2,1-3H3. The van der Waals surface area contributed by atoms with Crippen LogP contribution in [0.3, 0.4) is 0 Å². The van der Waals surface area contributed by atoms with Crippen molar-refractivity contribution in [3.05, 3.63) is 23.8 Å². The maximum Gasteiger partial charge on any atom is 0.161 e. The van der Waals surface area contributed by atoms with E-state index in [1.165, 1.54) is 0 Å². The lowest BCUT2D eigenvalue weighted by atomic mass is 10.0. The topological polar surface area (TPSA) is 60.3 Å². The Bertz CT molecular complexity index is 456. The van der Waals surface area contributed by atoms with Gasteiger partial charge in [0.15, 0.2) is 17.6 Å². The third kappa shape index (κ3) is 2.41. The molecule has 1 N–H and O–H groups in total. The van der Waals surface area contributed by atoms with Crippen molar-refractivity contribution in [1.82, 2.24) is 0 Å². The molecule has 0 saturated carbocycles. The molecule has 2 atom stereocenters. The molecule has 0 aliphatic carbocycles. The number of methoxy groups -OCH3 is 2. The molecule has 0 fully saturated rings. The molecule has 0 radical (unpaired) electrons. The molecule has 0 saturated heterocycles. The molecule has 2 unspecified atom stereocenters. The number of benzene rings is 1. The Morgan fingerprint density at radius 1 is 1.33 bits per heavy atom. The van der Waals surface area contributed by atoms with E-state index in [0.29, 0.717) is 17.9 Å². The molecule has 1 aliphatic heterocycles. The van der Waals surface area contributed by atoms with Crippen molar-refractivity contribution in [3.63, 3.8) is 0 Å². The molecule has 2 rings (SSSR count). The second kappa shape index (κ2) is 5.27. The SMILES string of the molecule is COc1ccc(C2=NOC(C(C)O)C2)cc1OC. The third-order valence-electron chi connectivity index (χ3n) is 2.95. The highest BCUT2D eigenvalue weighted by atomic mass is 16.7. The quantitative estimate of drug-likeness (QED) is 0.882. The summed E-state index contributed by atoms with van der Waals surface area (Å²) in [7, 11) is 3.18. The summed E-state index contributed by atoms with van der Waals surface area (Å²) in [5, 5.41) is 13.5. The molecule has 0 bridgehead atoms. The van der Waals surface area contributed by atoms with Crippen molar-refractivity contribution in [3.8, 4) is 11.5 Å². The number of ether oxygens (including phenoxy) is 2. The van der Waals surface area contributed by atoms with E-state index >= 15 is 0 Å². The fourth-order valence-corrected chi connectivity index (χ4v) is 1.84. The zero-order valence-corrected chi connectivity index (χ0v) is 10.7. The van der Waals surface area contributed by atoms with Crippen LogP contribution in [-0.4, -0.2) is 37.2 Å². The van der Waals surface area contributed by atoms with Crippen LogP contribution in [0.4, 0.5) is 0 Å². The van der Waals surface area contributed by atoms with E-state index < -0.39 is 6.10 Å². The van der Waals surface area contributed by atoms with Crippen LogP contribution in [0.1, 0.15) is 18.9 Å². The first-order valence-corrected chi connectivity index (χ1v) is 5.79. The third-order valence-corrected chi connectivity index (χ3v) is 2.95. The van der Waals surface area contributed by atoms with Crippen LogP contribution in [-0.2, 0) is 4.84 Å². The van der Waals surface area contributed by atoms with Crippen LogP contribution in [0.25, 0.3) is 0 Å². The average molecular weight is 251 g/mol. The smallest absolute Gasteiger partial charge is 0.161 e. The first-order chi connectivity index (χ1) is 8.65. The molecule has 1 aromatic carbocycles. The molecule has 1 aliphatic rings. The Labute approximate surface area is 106 Å². The van der Waals surface area contributed by atoms with Crippen LogP contribution < -0.4 is 9.47 Å². The lowest BCUT2D eigenvalue weighted by Gasteiger charge is -2.11. The first-order valence-electron chi connectivity index (χ1n) is 5.79. The number of rotatable bonds is 4. The summed E-state index contributed by atoms with van der Waals surface area (Å²) in [6.45, 7) is 1.69. The van der Waals surface area contributed by atoms with Crippen molar-refractivity contribution in [2.24, 2.45) is 5.16 Å². The van der Waals surface area contributed by atoms with E-state index in [2.05, 4.69) is 5.16 Å². The van der Waals surface area contributed by atoms with Gasteiger partial charge in [-0.15, -0.1) is 0 Å². The van der Waals surface area contributed by atoms with Crippen molar-refractivity contribution in [1.29, 1.82) is 0 Å². The van der Waals surface area contributed by atoms with Gasteiger partial charge in [0.25, 0.3) is 0 Å². The summed E-state index contributed by atoms with van der Waals surface area (Å²) < 4.78 is 10.4. The Morgan fingerprint density at radius 2 is 2.06 bits per heavy atom.